The Balaban J connectivity index is 1.06. The average Bonchev–Trinajstić information content (AvgIpc) is 3.54. The molecule has 19 heteroatoms. The first-order valence-electron chi connectivity index (χ1n) is 24.5. The molecule has 0 bridgehead atoms. The normalized spacial score (nSPS) is 51.0. The maximum absolute atomic E-state index is 12.6. The highest BCUT2D eigenvalue weighted by molar-refractivity contribution is 5.32. The van der Waals surface area contributed by atoms with E-state index in [1.165, 1.54) is 5.57 Å². The van der Waals surface area contributed by atoms with Crippen molar-refractivity contribution in [3.63, 3.8) is 0 Å². The van der Waals surface area contributed by atoms with Crippen molar-refractivity contribution in [2.75, 3.05) is 19.8 Å². The first-order chi connectivity index (χ1) is 31.2. The van der Waals surface area contributed by atoms with Gasteiger partial charge < -0.3 is 94.8 Å². The molecule has 0 spiro atoms. The molecule has 7 aliphatic rings. The smallest absolute Gasteiger partial charge is 0.187 e. The van der Waals surface area contributed by atoms with E-state index < -0.39 is 147 Å². The van der Waals surface area contributed by atoms with Crippen LogP contribution in [0.4, 0.5) is 0 Å². The quantitative estimate of drug-likeness (QED) is 0.0924. The molecule has 3 aliphatic heterocycles. The fourth-order valence-electron chi connectivity index (χ4n) is 14.2. The molecule has 0 aromatic heterocycles. The van der Waals surface area contributed by atoms with Crippen LogP contribution in [0.1, 0.15) is 107 Å². The van der Waals surface area contributed by atoms with Crippen molar-refractivity contribution in [2.45, 2.75) is 223 Å². The first kappa shape index (κ1) is 53.8. The van der Waals surface area contributed by atoms with Crippen molar-refractivity contribution in [1.29, 1.82) is 0 Å². The van der Waals surface area contributed by atoms with Crippen LogP contribution in [0, 0.1) is 45.3 Å². The van der Waals surface area contributed by atoms with Gasteiger partial charge in [0.1, 0.15) is 73.2 Å². The van der Waals surface area contributed by atoms with E-state index in [0.717, 1.165) is 25.7 Å². The number of hydrogen-bond acceptors (Lipinski definition) is 19. The van der Waals surface area contributed by atoms with Crippen LogP contribution in [0.25, 0.3) is 0 Å². The number of allylic oxidation sites excluding steroid dienone is 1. The molecule has 0 aromatic rings. The second kappa shape index (κ2) is 19.8. The summed E-state index contributed by atoms with van der Waals surface area (Å²) in [5.74, 6) is 0.476. The summed E-state index contributed by atoms with van der Waals surface area (Å²) in [6.45, 7) is 14.5. The summed E-state index contributed by atoms with van der Waals surface area (Å²) in [5, 5.41) is 139. The van der Waals surface area contributed by atoms with Crippen molar-refractivity contribution >= 4 is 0 Å². The number of rotatable bonds is 14. The van der Waals surface area contributed by atoms with Gasteiger partial charge in [-0.05, 0) is 99.7 Å². The van der Waals surface area contributed by atoms with Gasteiger partial charge >= 0.3 is 0 Å². The lowest BCUT2D eigenvalue weighted by molar-refractivity contribution is -0.375. The van der Waals surface area contributed by atoms with E-state index >= 15 is 0 Å². The first-order valence-corrected chi connectivity index (χ1v) is 24.5. The third-order valence-corrected chi connectivity index (χ3v) is 18.7. The predicted molar refractivity (Wildman–Crippen MR) is 235 cm³/mol. The van der Waals surface area contributed by atoms with Gasteiger partial charge in [0.2, 0.25) is 0 Å². The molecule has 20 unspecified atom stereocenters. The minimum atomic E-state index is -1.83. The van der Waals surface area contributed by atoms with Crippen LogP contribution in [0.5, 0.6) is 0 Å². The van der Waals surface area contributed by atoms with E-state index in [9.17, 15) is 66.4 Å². The van der Waals surface area contributed by atoms with Crippen molar-refractivity contribution in [3.8, 4) is 0 Å². The zero-order chi connectivity index (χ0) is 49.5. The molecule has 0 amide bonds. The Morgan fingerprint density at radius 3 is 1.72 bits per heavy atom. The van der Waals surface area contributed by atoms with Crippen molar-refractivity contribution < 1.29 is 94.8 Å². The van der Waals surface area contributed by atoms with E-state index in [0.29, 0.717) is 25.7 Å². The van der Waals surface area contributed by atoms with Crippen molar-refractivity contribution in [1.82, 2.24) is 0 Å². The molecule has 6 fully saturated rings. The minimum absolute atomic E-state index is 0.0500. The van der Waals surface area contributed by atoms with E-state index in [2.05, 4.69) is 47.6 Å². The van der Waals surface area contributed by atoms with Gasteiger partial charge in [-0.2, -0.15) is 0 Å². The lowest BCUT2D eigenvalue weighted by Crippen LogP contribution is -2.65. The summed E-state index contributed by atoms with van der Waals surface area (Å²) in [6, 6.07) is 0. The molecule has 0 radical (unpaired) electrons. The summed E-state index contributed by atoms with van der Waals surface area (Å²) in [6.07, 6.45) is -17.3. The molecule has 0 aromatic carbocycles. The highest BCUT2D eigenvalue weighted by atomic mass is 16.8. The molecular weight excluding hydrogens is 881 g/mol. The molecule has 3 saturated heterocycles. The Hall–Kier alpha value is -1.02. The van der Waals surface area contributed by atoms with Crippen LogP contribution in [-0.4, -0.2) is 202 Å². The van der Waals surface area contributed by atoms with Gasteiger partial charge in [-0.25, -0.2) is 0 Å². The minimum Gasteiger partial charge on any atom is -0.394 e. The Kier molecular flexibility index (Phi) is 15.9. The van der Waals surface area contributed by atoms with Crippen molar-refractivity contribution in [3.05, 3.63) is 11.6 Å². The predicted octanol–water partition coefficient (Wildman–Crippen LogP) is -1.06. The monoisotopic (exact) mass is 963 g/mol. The van der Waals surface area contributed by atoms with Crippen LogP contribution in [-0.2, 0) is 28.4 Å². The van der Waals surface area contributed by atoms with Crippen LogP contribution in [0.3, 0.4) is 0 Å². The maximum Gasteiger partial charge on any atom is 0.187 e. The van der Waals surface area contributed by atoms with Crippen LogP contribution < -0.4 is 0 Å². The Morgan fingerprint density at radius 1 is 0.657 bits per heavy atom. The SMILES string of the molecule is CC(CCC(OC1OC(CO)C(O)C(O)C1OC1OC(CO)C(O)C(O)C1O)C(C)(C)O)C1CC[C@@]2(C)[C@@H]3CC=C4[C@H](CCC(OC5OC(CO)C(O)C(O)C5O)C4(C)C)[C@]3(C)C(O)C[C@]12C. The van der Waals surface area contributed by atoms with E-state index in [1.807, 2.05) is 0 Å². The number of aliphatic hydroxyl groups excluding tert-OH is 12. The van der Waals surface area contributed by atoms with Gasteiger partial charge in [-0.1, -0.05) is 53.2 Å². The van der Waals surface area contributed by atoms with Gasteiger partial charge in [0.15, 0.2) is 18.9 Å². The second-order valence-electron chi connectivity index (χ2n) is 23.0. The van der Waals surface area contributed by atoms with E-state index in [1.54, 1.807) is 13.8 Å². The standard InChI is InChI=1S/C48H82O19/c1-21(9-13-31(45(4,5)61)66-43-40(37(58)34(55)27(20-51)64-43)67-42-39(60)36(57)33(54)26(19-50)63-42)22-15-16-46(6)28-12-10-23-24(48(28,8)29(52)17-47(22,46)7)11-14-30(44(23,2)3)65-41-38(59)35(56)32(53)25(18-49)62-41/h10,21-22,24-43,49-61H,9,11-20H2,1-8H3/t21?,22?,24-,25?,26?,27?,28-,29?,30?,31?,32?,33?,34?,35?,36?,37?,38?,39?,40?,41?,42?,43?,46-,47+,48-/m0/s1. The summed E-state index contributed by atoms with van der Waals surface area (Å²) >= 11 is 0. The maximum atomic E-state index is 12.6. The lowest BCUT2D eigenvalue weighted by Gasteiger charge is -2.67. The largest absolute Gasteiger partial charge is 0.394 e. The molecule has 388 valence electrons. The third kappa shape index (κ3) is 9.13. The van der Waals surface area contributed by atoms with Crippen molar-refractivity contribution in [2.24, 2.45) is 45.3 Å². The average molecular weight is 963 g/mol. The van der Waals surface area contributed by atoms with Crippen LogP contribution in [0.15, 0.2) is 11.6 Å². The summed E-state index contributed by atoms with van der Waals surface area (Å²) < 4.78 is 35.9. The summed E-state index contributed by atoms with van der Waals surface area (Å²) in [7, 11) is 0. The second-order valence-corrected chi connectivity index (χ2v) is 23.0. The topological polar surface area (TPSA) is 318 Å². The van der Waals surface area contributed by atoms with Gasteiger partial charge in [0.05, 0.1) is 43.7 Å². The van der Waals surface area contributed by atoms with Gasteiger partial charge in [-0.15, -0.1) is 0 Å². The number of aliphatic hydroxyl groups is 13. The van der Waals surface area contributed by atoms with Gasteiger partial charge in [0.25, 0.3) is 0 Å². The van der Waals surface area contributed by atoms with Crippen LogP contribution in [0.2, 0.25) is 0 Å². The highest BCUT2D eigenvalue weighted by Gasteiger charge is 2.70. The Labute approximate surface area is 393 Å². The fraction of sp³-hybridized carbons (Fsp3) is 0.958. The molecule has 3 heterocycles. The molecule has 7 rings (SSSR count). The molecule has 19 nitrogen and oxygen atoms in total. The number of ether oxygens (including phenoxy) is 6. The molecule has 13 N–H and O–H groups in total. The zero-order valence-corrected chi connectivity index (χ0v) is 40.3. The fourth-order valence-corrected chi connectivity index (χ4v) is 14.2. The summed E-state index contributed by atoms with van der Waals surface area (Å²) in [4.78, 5) is 0. The Bertz CT molecular complexity index is 1710. The van der Waals surface area contributed by atoms with E-state index in [4.69, 9.17) is 28.4 Å². The van der Waals surface area contributed by atoms with Gasteiger partial charge in [-0.3, -0.25) is 0 Å². The number of fused-ring (bicyclic) bond motifs is 5. The molecule has 25 atom stereocenters. The Morgan fingerprint density at radius 2 is 1.18 bits per heavy atom. The number of hydrogen-bond donors (Lipinski definition) is 13. The molecule has 67 heavy (non-hydrogen) atoms. The lowest BCUT2D eigenvalue weighted by atomic mass is 9.38. The van der Waals surface area contributed by atoms with E-state index in [-0.39, 0.29) is 34.5 Å². The molecular formula is C48H82O19. The van der Waals surface area contributed by atoms with Crippen LogP contribution >= 0.6 is 0 Å². The highest BCUT2D eigenvalue weighted by Crippen LogP contribution is 2.75. The zero-order valence-electron chi connectivity index (χ0n) is 40.3. The summed E-state index contributed by atoms with van der Waals surface area (Å²) in [5.41, 5.74) is -1.70. The molecule has 4 aliphatic carbocycles. The molecule has 3 saturated carbocycles. The van der Waals surface area contributed by atoms with Gasteiger partial charge in [0, 0.05) is 10.8 Å². The third-order valence-electron chi connectivity index (χ3n) is 18.7.